The number of carbonyl (C=O) groups is 1. The fourth-order valence-electron chi connectivity index (χ4n) is 5.04. The van der Waals surface area contributed by atoms with E-state index in [1.54, 1.807) is 20.0 Å². The Labute approximate surface area is 201 Å². The lowest BCUT2D eigenvalue weighted by molar-refractivity contribution is -0.120. The summed E-state index contributed by atoms with van der Waals surface area (Å²) in [4.78, 5) is 16.3. The number of aromatic nitrogens is 1. The molecule has 0 unspecified atom stereocenters. The molecule has 2 aliphatic rings. The molecule has 6 nitrogen and oxygen atoms in total. The van der Waals surface area contributed by atoms with Gasteiger partial charge in [-0.3, -0.25) is 4.79 Å². The van der Waals surface area contributed by atoms with Crippen molar-refractivity contribution in [1.29, 1.82) is 0 Å². The van der Waals surface area contributed by atoms with Crippen LogP contribution in [0.15, 0.2) is 42.6 Å². The van der Waals surface area contributed by atoms with E-state index in [2.05, 4.69) is 15.6 Å². The van der Waals surface area contributed by atoms with Gasteiger partial charge >= 0.3 is 0 Å². The first-order valence-corrected chi connectivity index (χ1v) is 12.2. The van der Waals surface area contributed by atoms with Gasteiger partial charge in [0, 0.05) is 44.1 Å². The lowest BCUT2D eigenvalue weighted by Crippen LogP contribution is -2.52. The van der Waals surface area contributed by atoms with Crippen LogP contribution in [0.3, 0.4) is 0 Å². The predicted octanol–water partition coefficient (Wildman–Crippen LogP) is 3.82. The summed E-state index contributed by atoms with van der Waals surface area (Å²) in [5.74, 6) is 0.425. The van der Waals surface area contributed by atoms with Gasteiger partial charge in [-0.25, -0.2) is 9.37 Å². The second-order valence-electron chi connectivity index (χ2n) is 10.5. The van der Waals surface area contributed by atoms with Crippen LogP contribution >= 0.6 is 0 Å². The van der Waals surface area contributed by atoms with E-state index in [1.807, 2.05) is 36.4 Å². The first kappa shape index (κ1) is 24.6. The van der Waals surface area contributed by atoms with Crippen molar-refractivity contribution in [3.8, 4) is 5.88 Å². The van der Waals surface area contributed by atoms with Crippen LogP contribution in [0, 0.1) is 0 Å². The van der Waals surface area contributed by atoms with Crippen molar-refractivity contribution in [2.75, 3.05) is 6.54 Å². The second kappa shape index (κ2) is 10.0. The molecule has 3 atom stereocenters. The molecule has 1 fully saturated rings. The molecule has 0 radical (unpaired) electrons. The molecule has 1 aromatic heterocycles. The Morgan fingerprint density at radius 3 is 2.65 bits per heavy atom. The number of fused-ring (bicyclic) bond motifs is 1. The zero-order valence-electron chi connectivity index (χ0n) is 20.3. The van der Waals surface area contributed by atoms with E-state index < -0.39 is 17.8 Å². The molecule has 1 aliphatic carbocycles. The highest BCUT2D eigenvalue weighted by Crippen LogP contribution is 2.48. The molecule has 0 bridgehead atoms. The minimum atomic E-state index is -1.33. The van der Waals surface area contributed by atoms with Crippen LogP contribution in [0.25, 0.3) is 0 Å². The summed E-state index contributed by atoms with van der Waals surface area (Å²) in [6, 6.07) is 11.3. The number of halogens is 1. The Morgan fingerprint density at radius 2 is 2.03 bits per heavy atom. The SMILES string of the molecule is CC(=O)N[C@@H](Cc1ccccc1)[C@@H](O)CN[C@H]1CC2(CCC2)Oc2ncc(CC(C)(C)F)cc21. The number of aliphatic hydroxyl groups is 1. The number of alkyl halides is 1. The molecule has 2 heterocycles. The highest BCUT2D eigenvalue weighted by atomic mass is 19.1. The summed E-state index contributed by atoms with van der Waals surface area (Å²) in [7, 11) is 0. The average molecular weight is 470 g/mol. The first-order chi connectivity index (χ1) is 16.1. The Bertz CT molecular complexity index is 988. The van der Waals surface area contributed by atoms with Gasteiger partial charge in [-0.05, 0) is 56.7 Å². The lowest BCUT2D eigenvalue weighted by atomic mass is 9.73. The monoisotopic (exact) mass is 469 g/mol. The highest BCUT2D eigenvalue weighted by molar-refractivity contribution is 5.73. The largest absolute Gasteiger partial charge is 0.471 e. The predicted molar refractivity (Wildman–Crippen MR) is 129 cm³/mol. The van der Waals surface area contributed by atoms with Crippen molar-refractivity contribution in [1.82, 2.24) is 15.6 Å². The Balaban J connectivity index is 1.50. The van der Waals surface area contributed by atoms with Gasteiger partial charge in [-0.1, -0.05) is 30.3 Å². The maximum Gasteiger partial charge on any atom is 0.218 e. The molecule has 3 N–H and O–H groups in total. The first-order valence-electron chi connectivity index (χ1n) is 12.2. The van der Waals surface area contributed by atoms with Crippen LogP contribution in [0.2, 0.25) is 0 Å². The molecule has 1 amide bonds. The van der Waals surface area contributed by atoms with Crippen molar-refractivity contribution in [3.05, 3.63) is 59.3 Å². The van der Waals surface area contributed by atoms with Gasteiger partial charge in [-0.15, -0.1) is 0 Å². The molecule has 4 rings (SSSR count). The van der Waals surface area contributed by atoms with E-state index in [9.17, 15) is 14.3 Å². The quantitative estimate of drug-likeness (QED) is 0.520. The van der Waals surface area contributed by atoms with E-state index in [1.165, 1.54) is 6.92 Å². The average Bonchev–Trinajstić information content (AvgIpc) is 2.75. The molecule has 7 heteroatoms. The van der Waals surface area contributed by atoms with Gasteiger partial charge in [0.05, 0.1) is 12.1 Å². The molecule has 1 aromatic carbocycles. The number of amides is 1. The fourth-order valence-corrected chi connectivity index (χ4v) is 5.04. The number of hydrogen-bond acceptors (Lipinski definition) is 5. The van der Waals surface area contributed by atoms with Crippen molar-refractivity contribution < 1.29 is 19.0 Å². The summed E-state index contributed by atoms with van der Waals surface area (Å²) < 4.78 is 20.6. The van der Waals surface area contributed by atoms with E-state index in [0.29, 0.717) is 18.8 Å². The second-order valence-corrected chi connectivity index (χ2v) is 10.5. The number of benzene rings is 1. The smallest absolute Gasteiger partial charge is 0.218 e. The zero-order valence-corrected chi connectivity index (χ0v) is 20.3. The molecule has 1 spiro atoms. The van der Waals surface area contributed by atoms with E-state index in [0.717, 1.165) is 42.4 Å². The Hall–Kier alpha value is -2.51. The maximum atomic E-state index is 14.3. The number of rotatable bonds is 9. The van der Waals surface area contributed by atoms with Gasteiger partial charge in [0.1, 0.15) is 11.3 Å². The number of nitrogens with zero attached hydrogens (tertiary/aromatic N) is 1. The third kappa shape index (κ3) is 6.13. The van der Waals surface area contributed by atoms with Crippen molar-refractivity contribution in [2.45, 2.75) is 88.8 Å². The van der Waals surface area contributed by atoms with Crippen LogP contribution in [-0.4, -0.2) is 46.0 Å². The topological polar surface area (TPSA) is 83.5 Å². The van der Waals surface area contributed by atoms with Gasteiger partial charge in [-0.2, -0.15) is 0 Å². The number of carbonyl (C=O) groups excluding carboxylic acids is 1. The molecular weight excluding hydrogens is 433 g/mol. The highest BCUT2D eigenvalue weighted by Gasteiger charge is 2.46. The minimum Gasteiger partial charge on any atom is -0.471 e. The number of ether oxygens (including phenoxy) is 1. The van der Waals surface area contributed by atoms with E-state index in [4.69, 9.17) is 4.74 Å². The Kier molecular flexibility index (Phi) is 7.24. The fraction of sp³-hybridized carbons (Fsp3) is 0.556. The standard InChI is InChI=1S/C27H36FN3O3/c1-18(32)31-22(13-19-8-5-4-6-9-19)24(33)17-29-23-15-27(10-7-11-27)34-25-21(23)12-20(16-30-25)14-26(2,3)28/h4-6,8-9,12,16,22-24,29,33H,7,10-11,13-15,17H2,1-3H3,(H,31,32)/t22-,23-,24-/m0/s1. The van der Waals surface area contributed by atoms with Crippen LogP contribution in [0.4, 0.5) is 4.39 Å². The number of hydrogen-bond donors (Lipinski definition) is 3. The van der Waals surface area contributed by atoms with Crippen molar-refractivity contribution in [2.24, 2.45) is 0 Å². The molecule has 1 aliphatic heterocycles. The number of aliphatic hydroxyl groups excluding tert-OH is 1. The molecule has 184 valence electrons. The summed E-state index contributed by atoms with van der Waals surface area (Å²) in [5, 5.41) is 17.4. The number of nitrogens with one attached hydrogen (secondary N) is 2. The molecule has 2 aromatic rings. The van der Waals surface area contributed by atoms with Crippen LogP contribution in [0.5, 0.6) is 5.88 Å². The third-order valence-corrected chi connectivity index (χ3v) is 6.81. The summed E-state index contributed by atoms with van der Waals surface area (Å²) in [6.45, 7) is 4.89. The third-order valence-electron chi connectivity index (χ3n) is 6.81. The molecule has 0 saturated heterocycles. The zero-order chi connectivity index (χ0) is 24.3. The summed E-state index contributed by atoms with van der Waals surface area (Å²) in [6.07, 6.45) is 5.60. The maximum absolute atomic E-state index is 14.3. The summed E-state index contributed by atoms with van der Waals surface area (Å²) in [5.41, 5.74) is 1.23. The van der Waals surface area contributed by atoms with Gasteiger partial charge in [0.25, 0.3) is 0 Å². The molecular formula is C27H36FN3O3. The van der Waals surface area contributed by atoms with Crippen molar-refractivity contribution in [3.63, 3.8) is 0 Å². The lowest BCUT2D eigenvalue weighted by Gasteiger charge is -2.47. The van der Waals surface area contributed by atoms with E-state index in [-0.39, 0.29) is 24.0 Å². The van der Waals surface area contributed by atoms with Gasteiger partial charge in [0.2, 0.25) is 11.8 Å². The van der Waals surface area contributed by atoms with Crippen LogP contribution in [0.1, 0.15) is 69.2 Å². The van der Waals surface area contributed by atoms with Crippen LogP contribution in [-0.2, 0) is 17.6 Å². The van der Waals surface area contributed by atoms with Crippen LogP contribution < -0.4 is 15.4 Å². The molecule has 1 saturated carbocycles. The minimum absolute atomic E-state index is 0.0661. The number of pyridine rings is 1. The normalized spacial score (nSPS) is 20.6. The van der Waals surface area contributed by atoms with Crippen molar-refractivity contribution >= 4 is 5.91 Å². The molecule has 34 heavy (non-hydrogen) atoms. The van der Waals surface area contributed by atoms with Gasteiger partial charge < -0.3 is 20.5 Å². The summed E-state index contributed by atoms with van der Waals surface area (Å²) >= 11 is 0. The Morgan fingerprint density at radius 1 is 1.29 bits per heavy atom. The van der Waals surface area contributed by atoms with E-state index >= 15 is 0 Å². The van der Waals surface area contributed by atoms with Gasteiger partial charge in [0.15, 0.2) is 0 Å².